The summed E-state index contributed by atoms with van der Waals surface area (Å²) in [5.74, 6) is 0.295. The summed E-state index contributed by atoms with van der Waals surface area (Å²) >= 11 is 3.50. The second-order valence-electron chi connectivity index (χ2n) is 4.14. The molecule has 0 radical (unpaired) electrons. The fraction of sp³-hybridized carbons (Fsp3) is 0.231. The number of benzene rings is 1. The molecule has 2 rings (SSSR count). The van der Waals surface area contributed by atoms with Crippen LogP contribution >= 0.6 is 15.9 Å². The summed E-state index contributed by atoms with van der Waals surface area (Å²) in [4.78, 5) is 9.86. The lowest BCUT2D eigenvalue weighted by Crippen LogP contribution is -1.93. The van der Waals surface area contributed by atoms with Gasteiger partial charge in [-0.15, -0.1) is 0 Å². The maximum Gasteiger partial charge on any atom is 0.433 e. The van der Waals surface area contributed by atoms with Crippen molar-refractivity contribution in [1.29, 1.82) is 0 Å². The van der Waals surface area contributed by atoms with Gasteiger partial charge in [-0.3, -0.25) is 10.1 Å². The zero-order valence-corrected chi connectivity index (χ0v) is 11.6. The number of hydrogen-bond donors (Lipinski definition) is 0. The average molecular weight is 310 g/mol. The Morgan fingerprint density at radius 2 is 1.94 bits per heavy atom. The molecular formula is C13H12BrNO3. The van der Waals surface area contributed by atoms with E-state index in [9.17, 15) is 10.1 Å². The summed E-state index contributed by atoms with van der Waals surface area (Å²) in [5, 5.41) is 10.6. The van der Waals surface area contributed by atoms with Crippen LogP contribution in [0, 0.1) is 24.0 Å². The molecule has 2 aromatic rings. The molecule has 0 bridgehead atoms. The molecule has 0 saturated carbocycles. The number of alkyl halides is 1. The van der Waals surface area contributed by atoms with E-state index in [1.54, 1.807) is 6.07 Å². The number of aryl methyl sites for hydroxylation is 2. The number of furan rings is 1. The van der Waals surface area contributed by atoms with Gasteiger partial charge in [0.15, 0.2) is 0 Å². The highest BCUT2D eigenvalue weighted by Gasteiger charge is 2.19. The third-order valence-corrected chi connectivity index (χ3v) is 3.85. The molecule has 0 spiro atoms. The normalized spacial score (nSPS) is 12.4. The first-order valence-electron chi connectivity index (χ1n) is 5.44. The Morgan fingerprint density at radius 3 is 2.50 bits per heavy atom. The lowest BCUT2D eigenvalue weighted by atomic mass is 10.0. The highest BCUT2D eigenvalue weighted by Crippen LogP contribution is 2.34. The van der Waals surface area contributed by atoms with Gasteiger partial charge >= 0.3 is 5.88 Å². The van der Waals surface area contributed by atoms with Gasteiger partial charge < -0.3 is 4.42 Å². The first kappa shape index (κ1) is 12.8. The molecule has 18 heavy (non-hydrogen) atoms. The van der Waals surface area contributed by atoms with Crippen LogP contribution in [0.1, 0.15) is 27.3 Å². The highest BCUT2D eigenvalue weighted by molar-refractivity contribution is 9.09. The molecule has 0 fully saturated rings. The van der Waals surface area contributed by atoms with Gasteiger partial charge in [0, 0.05) is 0 Å². The van der Waals surface area contributed by atoms with Crippen LogP contribution in [0.25, 0.3) is 0 Å². The standard InChI is InChI=1S/C13H12BrNO3/c1-8-3-4-10(7-9(8)2)13(14)11-5-6-12(18-11)15(16)17/h3-7,13H,1-2H3. The first-order valence-corrected chi connectivity index (χ1v) is 6.36. The molecule has 5 heteroatoms. The SMILES string of the molecule is Cc1ccc(C(Br)c2ccc([N+](=O)[O-])o2)cc1C. The van der Waals surface area contributed by atoms with Crippen molar-refractivity contribution in [3.8, 4) is 0 Å². The van der Waals surface area contributed by atoms with E-state index in [2.05, 4.69) is 15.9 Å². The number of nitro groups is 1. The second kappa shape index (κ2) is 4.94. The van der Waals surface area contributed by atoms with Crippen LogP contribution in [-0.4, -0.2) is 4.92 Å². The molecule has 1 unspecified atom stereocenters. The van der Waals surface area contributed by atoms with Crippen LogP contribution in [0.5, 0.6) is 0 Å². The van der Waals surface area contributed by atoms with Gasteiger partial charge in [-0.2, -0.15) is 0 Å². The smallest absolute Gasteiger partial charge is 0.404 e. The van der Waals surface area contributed by atoms with Crippen LogP contribution in [0.2, 0.25) is 0 Å². The number of nitrogens with zero attached hydrogens (tertiary/aromatic N) is 1. The molecule has 0 aliphatic heterocycles. The maximum absolute atomic E-state index is 10.6. The quantitative estimate of drug-likeness (QED) is 0.483. The number of hydrogen-bond acceptors (Lipinski definition) is 3. The molecule has 0 saturated heterocycles. The average Bonchev–Trinajstić information content (AvgIpc) is 2.81. The van der Waals surface area contributed by atoms with E-state index in [-0.39, 0.29) is 10.7 Å². The van der Waals surface area contributed by atoms with Crippen LogP contribution in [-0.2, 0) is 0 Å². The van der Waals surface area contributed by atoms with E-state index in [0.29, 0.717) is 5.76 Å². The summed E-state index contributed by atoms with van der Waals surface area (Å²) in [7, 11) is 0. The largest absolute Gasteiger partial charge is 0.433 e. The van der Waals surface area contributed by atoms with E-state index >= 15 is 0 Å². The molecule has 94 valence electrons. The van der Waals surface area contributed by atoms with Crippen molar-refractivity contribution in [3.63, 3.8) is 0 Å². The molecule has 4 nitrogen and oxygen atoms in total. The van der Waals surface area contributed by atoms with Crippen LogP contribution in [0.4, 0.5) is 5.88 Å². The molecule has 0 aliphatic carbocycles. The van der Waals surface area contributed by atoms with E-state index in [0.717, 1.165) is 5.56 Å². The van der Waals surface area contributed by atoms with Crippen LogP contribution in [0.3, 0.4) is 0 Å². The second-order valence-corrected chi connectivity index (χ2v) is 5.06. The van der Waals surface area contributed by atoms with Gasteiger partial charge in [0.05, 0.1) is 10.9 Å². The molecule has 1 aromatic carbocycles. The van der Waals surface area contributed by atoms with E-state index in [1.807, 2.05) is 32.0 Å². The van der Waals surface area contributed by atoms with Crippen LogP contribution < -0.4 is 0 Å². The van der Waals surface area contributed by atoms with Gasteiger partial charge in [0.1, 0.15) is 10.7 Å². The minimum Gasteiger partial charge on any atom is -0.404 e. The predicted molar refractivity (Wildman–Crippen MR) is 72.0 cm³/mol. The van der Waals surface area contributed by atoms with Gasteiger partial charge in [0.25, 0.3) is 0 Å². The summed E-state index contributed by atoms with van der Waals surface area (Å²) < 4.78 is 5.19. The van der Waals surface area contributed by atoms with Crippen molar-refractivity contribution < 1.29 is 9.34 Å². The summed E-state index contributed by atoms with van der Waals surface area (Å²) in [6.07, 6.45) is 0. The van der Waals surface area contributed by atoms with Gasteiger partial charge in [-0.05, 0) is 36.6 Å². The lowest BCUT2D eigenvalue weighted by Gasteiger charge is -2.09. The van der Waals surface area contributed by atoms with Crippen molar-refractivity contribution in [2.45, 2.75) is 18.7 Å². The summed E-state index contributed by atoms with van der Waals surface area (Å²) in [5.41, 5.74) is 3.41. The van der Waals surface area contributed by atoms with Crippen LogP contribution in [0.15, 0.2) is 34.7 Å². The molecule has 1 aromatic heterocycles. The third kappa shape index (κ3) is 2.46. The predicted octanol–water partition coefficient (Wildman–Crippen LogP) is 4.29. The summed E-state index contributed by atoms with van der Waals surface area (Å²) in [6.45, 7) is 4.07. The van der Waals surface area contributed by atoms with Gasteiger partial charge in [-0.1, -0.05) is 34.1 Å². The molecule has 0 N–H and O–H groups in total. The Labute approximate surface area is 113 Å². The molecular weight excluding hydrogens is 298 g/mol. The fourth-order valence-corrected chi connectivity index (χ4v) is 2.19. The Kier molecular flexibility index (Phi) is 3.52. The Hall–Kier alpha value is -1.62. The van der Waals surface area contributed by atoms with Gasteiger partial charge in [0.2, 0.25) is 0 Å². The molecule has 1 atom stereocenters. The van der Waals surface area contributed by atoms with Crippen molar-refractivity contribution in [3.05, 3.63) is 62.9 Å². The molecule has 0 aliphatic rings. The van der Waals surface area contributed by atoms with Crippen molar-refractivity contribution in [2.75, 3.05) is 0 Å². The van der Waals surface area contributed by atoms with Crippen molar-refractivity contribution >= 4 is 21.8 Å². The zero-order valence-electron chi connectivity index (χ0n) is 10.0. The Morgan fingerprint density at radius 1 is 1.22 bits per heavy atom. The Bertz CT molecular complexity index is 592. The minimum atomic E-state index is -0.538. The zero-order chi connectivity index (χ0) is 13.3. The maximum atomic E-state index is 10.6. The van der Waals surface area contributed by atoms with Crippen molar-refractivity contribution in [2.24, 2.45) is 0 Å². The van der Waals surface area contributed by atoms with Crippen molar-refractivity contribution in [1.82, 2.24) is 0 Å². The number of rotatable bonds is 3. The lowest BCUT2D eigenvalue weighted by molar-refractivity contribution is -0.402. The molecule has 1 heterocycles. The molecule has 0 amide bonds. The third-order valence-electron chi connectivity index (χ3n) is 2.87. The monoisotopic (exact) mass is 309 g/mol. The van der Waals surface area contributed by atoms with E-state index in [1.165, 1.54) is 17.2 Å². The van der Waals surface area contributed by atoms with E-state index < -0.39 is 4.92 Å². The highest BCUT2D eigenvalue weighted by atomic mass is 79.9. The van der Waals surface area contributed by atoms with Gasteiger partial charge in [-0.25, -0.2) is 0 Å². The van der Waals surface area contributed by atoms with E-state index in [4.69, 9.17) is 4.42 Å². The Balaban J connectivity index is 2.31. The minimum absolute atomic E-state index is 0.175. The number of halogens is 1. The first-order chi connectivity index (χ1) is 8.49. The summed E-state index contributed by atoms with van der Waals surface area (Å²) in [6, 6.07) is 9.03. The topological polar surface area (TPSA) is 56.3 Å². The fourth-order valence-electron chi connectivity index (χ4n) is 1.66.